The summed E-state index contributed by atoms with van der Waals surface area (Å²) in [5, 5.41) is 19.2. The Morgan fingerprint density at radius 1 is 0.597 bits per heavy atom. The van der Waals surface area contributed by atoms with Gasteiger partial charge in [-0.3, -0.25) is 9.36 Å². The number of hydrogen-bond acceptors (Lipinski definition) is 12. The minimum Gasteiger partial charge on any atom is -0.497 e. The lowest BCUT2D eigenvalue weighted by Gasteiger charge is -2.22. The second-order valence-electron chi connectivity index (χ2n) is 14.6. The van der Waals surface area contributed by atoms with Crippen LogP contribution in [0.2, 0.25) is 0 Å². The average molecular weight is 889 g/mol. The Kier molecular flexibility index (Phi) is 14.7. The Bertz CT molecular complexity index is 2490. The summed E-state index contributed by atoms with van der Waals surface area (Å²) in [6.45, 7) is 1.22. The monoisotopic (exact) mass is 888 g/mol. The fourth-order valence-corrected chi connectivity index (χ4v) is 9.50. The van der Waals surface area contributed by atoms with Crippen molar-refractivity contribution in [1.29, 1.82) is 0 Å². The van der Waals surface area contributed by atoms with Crippen LogP contribution in [0.25, 0.3) is 0 Å². The van der Waals surface area contributed by atoms with Gasteiger partial charge in [-0.15, -0.1) is 0 Å². The maximum absolute atomic E-state index is 13.8. The van der Waals surface area contributed by atoms with E-state index in [1.807, 2.05) is 72.8 Å². The summed E-state index contributed by atoms with van der Waals surface area (Å²) < 4.78 is 85.7. The smallest absolute Gasteiger partial charge is 0.263 e. The van der Waals surface area contributed by atoms with E-state index in [0.717, 1.165) is 33.8 Å². The van der Waals surface area contributed by atoms with Gasteiger partial charge in [-0.05, 0) is 76.9 Å². The molecule has 18 heteroatoms. The van der Waals surface area contributed by atoms with E-state index < -0.39 is 25.6 Å². The summed E-state index contributed by atoms with van der Waals surface area (Å²) in [5.74, 6) is 2.82. The van der Waals surface area contributed by atoms with Crippen molar-refractivity contribution in [3.8, 4) is 23.0 Å². The summed E-state index contributed by atoms with van der Waals surface area (Å²) in [5.41, 5.74) is 2.47. The van der Waals surface area contributed by atoms with Crippen molar-refractivity contribution >= 4 is 20.0 Å². The minimum atomic E-state index is -4.00. The van der Waals surface area contributed by atoms with E-state index in [1.54, 1.807) is 73.0 Å². The Hall–Kier alpha value is -5.76. The van der Waals surface area contributed by atoms with Crippen LogP contribution in [0.5, 0.6) is 23.0 Å². The molecule has 6 aromatic rings. The van der Waals surface area contributed by atoms with Gasteiger partial charge in [-0.2, -0.15) is 18.8 Å². The first-order valence-electron chi connectivity index (χ1n) is 19.5. The molecule has 0 spiro atoms. The zero-order chi connectivity index (χ0) is 44.5. The molecular formula is C44H52N6O10S2. The highest BCUT2D eigenvalue weighted by atomic mass is 32.2. The van der Waals surface area contributed by atoms with E-state index >= 15 is 0 Å². The van der Waals surface area contributed by atoms with Crippen LogP contribution in [0.4, 0.5) is 0 Å². The van der Waals surface area contributed by atoms with Crippen LogP contribution in [0, 0.1) is 0 Å². The fraction of sp³-hybridized carbons (Fsp3) is 0.318. The van der Waals surface area contributed by atoms with E-state index in [9.17, 15) is 21.9 Å². The van der Waals surface area contributed by atoms with Crippen LogP contribution < -0.4 is 18.9 Å². The zero-order valence-corrected chi connectivity index (χ0v) is 37.2. The third kappa shape index (κ3) is 11.0. The van der Waals surface area contributed by atoms with Gasteiger partial charge < -0.3 is 28.8 Å². The molecule has 1 atom stereocenters. The van der Waals surface area contributed by atoms with Gasteiger partial charge in [0.25, 0.3) is 20.0 Å². The van der Waals surface area contributed by atoms with Crippen molar-refractivity contribution in [1.82, 2.24) is 28.2 Å². The van der Waals surface area contributed by atoms with Crippen molar-refractivity contribution < 1.29 is 45.6 Å². The number of ether oxygens (including phenoxy) is 5. The third-order valence-electron chi connectivity index (χ3n) is 10.3. The molecule has 0 bridgehead atoms. The molecule has 1 N–H and O–H groups in total. The van der Waals surface area contributed by atoms with Gasteiger partial charge >= 0.3 is 0 Å². The van der Waals surface area contributed by atoms with E-state index in [1.165, 1.54) is 30.1 Å². The maximum Gasteiger partial charge on any atom is 0.263 e. The number of methoxy groups -OCH3 is 4. The lowest BCUT2D eigenvalue weighted by atomic mass is 9.99. The lowest BCUT2D eigenvalue weighted by Crippen LogP contribution is -2.30. The molecule has 330 valence electrons. The van der Waals surface area contributed by atoms with Crippen LogP contribution >= 0.6 is 0 Å². The van der Waals surface area contributed by atoms with Crippen LogP contribution in [-0.4, -0.2) is 91.8 Å². The Balaban J connectivity index is 0.000000211. The number of nitrogens with zero attached hydrogens (tertiary/aromatic N) is 6. The lowest BCUT2D eigenvalue weighted by molar-refractivity contribution is 0.0162. The van der Waals surface area contributed by atoms with Crippen LogP contribution in [-0.2, 0) is 70.7 Å². The zero-order valence-electron chi connectivity index (χ0n) is 35.5. The molecule has 0 aliphatic carbocycles. The second kappa shape index (κ2) is 20.0. The molecule has 0 saturated carbocycles. The summed E-state index contributed by atoms with van der Waals surface area (Å²) in [6, 6.07) is 32.1. The predicted octanol–water partition coefficient (Wildman–Crippen LogP) is 5.26. The number of rotatable bonds is 17. The van der Waals surface area contributed by atoms with E-state index in [0.29, 0.717) is 30.2 Å². The summed E-state index contributed by atoms with van der Waals surface area (Å²) in [4.78, 5) is 0. The molecule has 7 rings (SSSR count). The van der Waals surface area contributed by atoms with E-state index in [-0.39, 0.29) is 42.8 Å². The predicted molar refractivity (Wildman–Crippen MR) is 231 cm³/mol. The highest BCUT2D eigenvalue weighted by molar-refractivity contribution is 7.89. The van der Waals surface area contributed by atoms with Gasteiger partial charge in [-0.25, -0.2) is 16.8 Å². The van der Waals surface area contributed by atoms with Crippen LogP contribution in [0.15, 0.2) is 125 Å². The molecule has 16 nitrogen and oxygen atoms in total. The topological polar surface area (TPSA) is 177 Å². The average Bonchev–Trinajstić information content (AvgIpc) is 4.05. The summed E-state index contributed by atoms with van der Waals surface area (Å²) in [6.07, 6.45) is 2.00. The number of hydrogen-bond donors (Lipinski definition) is 1. The van der Waals surface area contributed by atoms with Crippen molar-refractivity contribution in [3.05, 3.63) is 143 Å². The molecule has 0 radical (unpaired) electrons. The Morgan fingerprint density at radius 3 is 1.27 bits per heavy atom. The van der Waals surface area contributed by atoms with Crippen LogP contribution in [0.1, 0.15) is 34.4 Å². The number of aliphatic hydroxyl groups is 1. The molecular weight excluding hydrogens is 837 g/mol. The van der Waals surface area contributed by atoms with E-state index in [2.05, 4.69) is 10.2 Å². The first-order chi connectivity index (χ1) is 29.7. The largest absolute Gasteiger partial charge is 0.497 e. The first-order valence-corrected chi connectivity index (χ1v) is 22.4. The molecule has 0 amide bonds. The van der Waals surface area contributed by atoms with Gasteiger partial charge in [0.2, 0.25) is 0 Å². The molecule has 1 fully saturated rings. The highest BCUT2D eigenvalue weighted by Gasteiger charge is 2.39. The van der Waals surface area contributed by atoms with Crippen molar-refractivity contribution in [2.75, 3.05) is 41.7 Å². The van der Waals surface area contributed by atoms with Crippen molar-refractivity contribution in [2.45, 2.75) is 48.3 Å². The first kappa shape index (κ1) is 45.8. The molecule has 4 aromatic carbocycles. The molecule has 2 aromatic heterocycles. The number of sulfonamides is 2. The Labute approximate surface area is 362 Å². The molecule has 3 heterocycles. The normalized spacial score (nSPS) is 15.3. The molecule has 1 saturated heterocycles. The molecule has 1 unspecified atom stereocenters. The van der Waals surface area contributed by atoms with E-state index in [4.69, 9.17) is 23.7 Å². The minimum absolute atomic E-state index is 0.0250. The third-order valence-corrected chi connectivity index (χ3v) is 13.7. The van der Waals surface area contributed by atoms with Gasteiger partial charge in [0.15, 0.2) is 10.1 Å². The number of benzene rings is 4. The quantitative estimate of drug-likeness (QED) is 0.126. The highest BCUT2D eigenvalue weighted by Crippen LogP contribution is 2.32. The van der Waals surface area contributed by atoms with Crippen LogP contribution in [0.3, 0.4) is 0 Å². The van der Waals surface area contributed by atoms with Crippen molar-refractivity contribution in [3.63, 3.8) is 0 Å². The Morgan fingerprint density at radius 2 is 0.968 bits per heavy atom. The fourth-order valence-electron chi connectivity index (χ4n) is 6.74. The summed E-state index contributed by atoms with van der Waals surface area (Å²) >= 11 is 0. The molecule has 1 aliphatic rings. The van der Waals surface area contributed by atoms with Crippen molar-refractivity contribution in [2.24, 2.45) is 14.1 Å². The molecule has 62 heavy (non-hydrogen) atoms. The second-order valence-corrected chi connectivity index (χ2v) is 18.4. The standard InChI is InChI=1S/C24H29N3O6S.C20H23N3O4S/c1-26-22(24(28)12-13-33-17-24)14-23(25-26)34(29,30)27(15-18-4-8-20(31-2)9-5-18)16-19-6-10-21(32-3)11-7-19;1-22-13-12-20(21-22)28(24,25)23(14-16-4-8-18(26-2)9-5-16)15-17-6-10-19(27-3)11-7-17/h4-11,14,28H,12-13,15-17H2,1-3H3;4-13H,14-15H2,1-3H3. The van der Waals surface area contributed by atoms with Gasteiger partial charge in [0.1, 0.15) is 28.6 Å². The number of aryl methyl sites for hydroxylation is 2. The summed E-state index contributed by atoms with van der Waals surface area (Å²) in [7, 11) is 1.90. The van der Waals surface area contributed by atoms with Gasteiger partial charge in [0, 0.05) is 65.6 Å². The van der Waals surface area contributed by atoms with Gasteiger partial charge in [-0.1, -0.05) is 48.5 Å². The number of aromatic nitrogens is 4. The van der Waals surface area contributed by atoms with Gasteiger partial charge in [0.05, 0.1) is 40.7 Å². The molecule has 1 aliphatic heterocycles. The maximum atomic E-state index is 13.8. The SMILES string of the molecule is COc1ccc(CN(Cc2ccc(OC)cc2)S(=O)(=O)c2cc(C3(O)CCOC3)n(C)n2)cc1.COc1ccc(CN(Cc2ccc(OC)cc2)S(=O)(=O)c2ccn(C)n2)cc1.